The Labute approximate surface area is 117 Å². The van der Waals surface area contributed by atoms with Gasteiger partial charge < -0.3 is 4.90 Å². The Morgan fingerprint density at radius 2 is 2.16 bits per heavy atom. The molecule has 0 saturated carbocycles. The number of aromatic nitrogens is 1. The lowest BCUT2D eigenvalue weighted by Gasteiger charge is -2.17. The highest BCUT2D eigenvalue weighted by atomic mass is 35.5. The van der Waals surface area contributed by atoms with E-state index in [1.807, 2.05) is 24.3 Å². The van der Waals surface area contributed by atoms with Crippen molar-refractivity contribution < 1.29 is 4.79 Å². The second-order valence-corrected chi connectivity index (χ2v) is 4.64. The molecular formula is C15H13ClN2O. The van der Waals surface area contributed by atoms with Crippen LogP contribution in [0.5, 0.6) is 0 Å². The largest absolute Gasteiger partial charge is 0.331 e. The minimum Gasteiger partial charge on any atom is -0.331 e. The molecule has 96 valence electrons. The molecule has 0 N–H and O–H groups in total. The third-order valence-corrected chi connectivity index (χ3v) is 3.33. The number of halogens is 1. The number of nitrogens with zero attached hydrogens (tertiary/aromatic N) is 2. The molecule has 2 rings (SSSR count). The van der Waals surface area contributed by atoms with E-state index in [0.717, 1.165) is 5.39 Å². The van der Waals surface area contributed by atoms with Crippen molar-refractivity contribution in [1.82, 2.24) is 9.88 Å². The molecular weight excluding hydrogens is 260 g/mol. The van der Waals surface area contributed by atoms with Gasteiger partial charge in [0.25, 0.3) is 5.91 Å². The lowest BCUT2D eigenvalue weighted by molar-refractivity contribution is 0.0814. The molecule has 0 fully saturated rings. The van der Waals surface area contributed by atoms with Gasteiger partial charge in [-0.15, -0.1) is 6.42 Å². The molecule has 3 nitrogen and oxygen atoms in total. The van der Waals surface area contributed by atoms with E-state index >= 15 is 0 Å². The molecule has 0 unspecified atom stereocenters. The van der Waals surface area contributed by atoms with E-state index in [2.05, 4.69) is 10.9 Å². The summed E-state index contributed by atoms with van der Waals surface area (Å²) in [4.78, 5) is 18.2. The van der Waals surface area contributed by atoms with Gasteiger partial charge >= 0.3 is 0 Å². The van der Waals surface area contributed by atoms with E-state index in [4.69, 9.17) is 18.0 Å². The zero-order valence-corrected chi connectivity index (χ0v) is 11.5. The Morgan fingerprint density at radius 1 is 1.47 bits per heavy atom. The van der Waals surface area contributed by atoms with Crippen molar-refractivity contribution in [1.29, 1.82) is 0 Å². The lowest BCUT2D eigenvalue weighted by atomic mass is 10.0. The third kappa shape index (κ3) is 2.40. The molecule has 4 heteroatoms. The Hall–Kier alpha value is -2.05. The van der Waals surface area contributed by atoms with Crippen LogP contribution in [-0.2, 0) is 0 Å². The molecule has 2 aromatic rings. The van der Waals surface area contributed by atoms with Crippen molar-refractivity contribution in [3.05, 3.63) is 40.5 Å². The molecule has 0 spiro atoms. The summed E-state index contributed by atoms with van der Waals surface area (Å²) in [5, 5.41) is 1.13. The first-order valence-electron chi connectivity index (χ1n) is 5.80. The van der Waals surface area contributed by atoms with Crippen LogP contribution < -0.4 is 0 Å². The number of amides is 1. The minimum atomic E-state index is -0.143. The van der Waals surface area contributed by atoms with E-state index in [0.29, 0.717) is 21.8 Å². The number of terminal acetylenes is 1. The molecule has 0 aliphatic rings. The number of benzene rings is 1. The number of carbonyl (C=O) groups excluding carboxylic acids is 1. The van der Waals surface area contributed by atoms with Gasteiger partial charge in [0.05, 0.1) is 17.6 Å². The van der Waals surface area contributed by atoms with Crippen LogP contribution in [0.25, 0.3) is 10.9 Å². The van der Waals surface area contributed by atoms with Crippen LogP contribution in [-0.4, -0.2) is 29.4 Å². The summed E-state index contributed by atoms with van der Waals surface area (Å²) in [5.41, 5.74) is 1.94. The lowest BCUT2D eigenvalue weighted by Crippen LogP contribution is -2.28. The van der Waals surface area contributed by atoms with E-state index < -0.39 is 0 Å². The third-order valence-electron chi connectivity index (χ3n) is 2.97. The number of rotatable bonds is 2. The minimum absolute atomic E-state index is 0.143. The van der Waals surface area contributed by atoms with Crippen molar-refractivity contribution in [2.24, 2.45) is 0 Å². The summed E-state index contributed by atoms with van der Waals surface area (Å²) in [6.45, 7) is 2.05. The van der Waals surface area contributed by atoms with E-state index in [-0.39, 0.29) is 12.5 Å². The van der Waals surface area contributed by atoms with Gasteiger partial charge in [-0.05, 0) is 18.6 Å². The molecule has 1 heterocycles. The van der Waals surface area contributed by atoms with Gasteiger partial charge in [-0.3, -0.25) is 4.79 Å². The predicted molar refractivity (Wildman–Crippen MR) is 77.3 cm³/mol. The Morgan fingerprint density at radius 3 is 2.84 bits per heavy atom. The first kappa shape index (κ1) is 13.4. The summed E-state index contributed by atoms with van der Waals surface area (Å²) in [5.74, 6) is 2.31. The van der Waals surface area contributed by atoms with Gasteiger partial charge in [0.15, 0.2) is 0 Å². The maximum Gasteiger partial charge on any atom is 0.255 e. The van der Waals surface area contributed by atoms with Gasteiger partial charge in [-0.25, -0.2) is 4.98 Å². The summed E-state index contributed by atoms with van der Waals surface area (Å²) < 4.78 is 0. The fraction of sp³-hybridized carbons (Fsp3) is 0.200. The number of para-hydroxylation sites is 1. The zero-order valence-electron chi connectivity index (χ0n) is 10.8. The number of pyridine rings is 1. The van der Waals surface area contributed by atoms with Crippen molar-refractivity contribution in [2.75, 3.05) is 13.6 Å². The first-order valence-corrected chi connectivity index (χ1v) is 6.17. The maximum absolute atomic E-state index is 12.5. The fourth-order valence-electron chi connectivity index (χ4n) is 1.95. The Balaban J connectivity index is 2.68. The SMILES string of the molecule is C#CCN(C)C(=O)c1c(C)c(Cl)nc2ccccc12. The number of fused-ring (bicyclic) bond motifs is 1. The van der Waals surface area contributed by atoms with Gasteiger partial charge in [-0.1, -0.05) is 35.7 Å². The maximum atomic E-state index is 12.5. The summed E-state index contributed by atoms with van der Waals surface area (Å²) in [6.07, 6.45) is 5.24. The van der Waals surface area contributed by atoms with Gasteiger partial charge in [0.1, 0.15) is 5.15 Å². The smallest absolute Gasteiger partial charge is 0.255 e. The highest BCUT2D eigenvalue weighted by Crippen LogP contribution is 2.26. The Kier molecular flexibility index (Phi) is 3.73. The number of hydrogen-bond donors (Lipinski definition) is 0. The molecule has 19 heavy (non-hydrogen) atoms. The Bertz CT molecular complexity index is 688. The summed E-state index contributed by atoms with van der Waals surface area (Å²) >= 11 is 6.10. The fourth-order valence-corrected chi connectivity index (χ4v) is 2.14. The van der Waals surface area contributed by atoms with Crippen LogP contribution in [0.2, 0.25) is 5.15 Å². The monoisotopic (exact) mass is 272 g/mol. The van der Waals surface area contributed by atoms with E-state index in [9.17, 15) is 4.79 Å². The average Bonchev–Trinajstić information content (AvgIpc) is 2.40. The highest BCUT2D eigenvalue weighted by Gasteiger charge is 2.19. The second kappa shape index (κ2) is 5.29. The van der Waals surface area contributed by atoms with Crippen LogP contribution >= 0.6 is 11.6 Å². The van der Waals surface area contributed by atoms with Crippen LogP contribution in [0.4, 0.5) is 0 Å². The van der Waals surface area contributed by atoms with Crippen LogP contribution in [0.1, 0.15) is 15.9 Å². The molecule has 0 radical (unpaired) electrons. The quantitative estimate of drug-likeness (QED) is 0.622. The molecule has 0 bridgehead atoms. The normalized spacial score (nSPS) is 10.2. The molecule has 1 aromatic heterocycles. The molecule has 1 aromatic carbocycles. The van der Waals surface area contributed by atoms with Crippen molar-refractivity contribution in [2.45, 2.75) is 6.92 Å². The van der Waals surface area contributed by atoms with Crippen molar-refractivity contribution in [3.63, 3.8) is 0 Å². The average molecular weight is 273 g/mol. The topological polar surface area (TPSA) is 33.2 Å². The summed E-state index contributed by atoms with van der Waals surface area (Å²) in [7, 11) is 1.67. The van der Waals surface area contributed by atoms with Crippen LogP contribution in [0.15, 0.2) is 24.3 Å². The second-order valence-electron chi connectivity index (χ2n) is 4.29. The molecule has 0 atom stereocenters. The molecule has 0 aliphatic heterocycles. The summed E-state index contributed by atoms with van der Waals surface area (Å²) in [6, 6.07) is 7.43. The predicted octanol–water partition coefficient (Wildman–Crippen LogP) is 2.90. The number of hydrogen-bond acceptors (Lipinski definition) is 2. The van der Waals surface area contributed by atoms with E-state index in [1.165, 1.54) is 4.90 Å². The standard InChI is InChI=1S/C15H13ClN2O/c1-4-9-18(3)15(19)13-10(2)14(16)17-12-8-6-5-7-11(12)13/h1,5-8H,9H2,2-3H3. The van der Waals surface area contributed by atoms with Crippen molar-refractivity contribution >= 4 is 28.4 Å². The van der Waals surface area contributed by atoms with Crippen molar-refractivity contribution in [3.8, 4) is 12.3 Å². The number of carbonyl (C=O) groups is 1. The molecule has 0 aliphatic carbocycles. The van der Waals surface area contributed by atoms with Crippen LogP contribution in [0.3, 0.4) is 0 Å². The zero-order chi connectivity index (χ0) is 14.0. The van der Waals surface area contributed by atoms with E-state index in [1.54, 1.807) is 14.0 Å². The van der Waals surface area contributed by atoms with Gasteiger partial charge in [0.2, 0.25) is 0 Å². The first-order chi connectivity index (χ1) is 9.06. The highest BCUT2D eigenvalue weighted by molar-refractivity contribution is 6.31. The van der Waals surface area contributed by atoms with Crippen LogP contribution in [0, 0.1) is 19.3 Å². The van der Waals surface area contributed by atoms with Gasteiger partial charge in [0, 0.05) is 12.4 Å². The molecule has 1 amide bonds. The molecule has 0 saturated heterocycles. The van der Waals surface area contributed by atoms with Gasteiger partial charge in [-0.2, -0.15) is 0 Å².